The number of fused-ring (bicyclic) bond motifs is 1. The van der Waals surface area contributed by atoms with Crippen LogP contribution >= 0.6 is 0 Å². The molecule has 1 fully saturated rings. The lowest BCUT2D eigenvalue weighted by atomic mass is 9.90. The Balaban J connectivity index is 1.53. The minimum atomic E-state index is -0.733. The van der Waals surface area contributed by atoms with Crippen molar-refractivity contribution in [2.75, 3.05) is 12.4 Å². The molecule has 0 saturated heterocycles. The lowest BCUT2D eigenvalue weighted by molar-refractivity contribution is -0.384. The van der Waals surface area contributed by atoms with E-state index in [9.17, 15) is 14.9 Å². The van der Waals surface area contributed by atoms with E-state index in [-0.39, 0.29) is 11.6 Å². The van der Waals surface area contributed by atoms with E-state index in [0.29, 0.717) is 23.0 Å². The SMILES string of the molecule is CN(Cc1ccc(N=C(c2ccccc2)C2C(=O)Nc3ccc([N+](=O)[O-])cc32)cc1)C1CC1. The van der Waals surface area contributed by atoms with Gasteiger partial charge in [0.05, 0.1) is 16.3 Å². The van der Waals surface area contributed by atoms with Crippen LogP contribution in [-0.4, -0.2) is 34.5 Å². The van der Waals surface area contributed by atoms with E-state index < -0.39 is 10.8 Å². The van der Waals surface area contributed by atoms with Crippen LogP contribution in [0.1, 0.15) is 35.4 Å². The maximum atomic E-state index is 13.0. The summed E-state index contributed by atoms with van der Waals surface area (Å²) in [7, 11) is 2.15. The third-order valence-corrected chi connectivity index (χ3v) is 6.21. The van der Waals surface area contributed by atoms with Crippen molar-refractivity contribution in [3.63, 3.8) is 0 Å². The average Bonchev–Trinajstić information content (AvgIpc) is 3.62. The van der Waals surface area contributed by atoms with Crippen molar-refractivity contribution in [3.05, 3.63) is 99.6 Å². The highest BCUT2D eigenvalue weighted by Gasteiger charge is 2.36. The molecule has 0 spiro atoms. The number of anilines is 1. The third-order valence-electron chi connectivity index (χ3n) is 6.21. The van der Waals surface area contributed by atoms with Gasteiger partial charge in [-0.1, -0.05) is 42.5 Å². The Morgan fingerprint density at radius 2 is 1.82 bits per heavy atom. The molecule has 3 aromatic rings. The minimum absolute atomic E-state index is 0.0493. The van der Waals surface area contributed by atoms with E-state index in [1.54, 1.807) is 6.07 Å². The summed E-state index contributed by atoms with van der Waals surface area (Å²) in [5, 5.41) is 14.2. The van der Waals surface area contributed by atoms with Gasteiger partial charge in [-0.3, -0.25) is 24.8 Å². The Kier molecular flexibility index (Phi) is 5.48. The van der Waals surface area contributed by atoms with Crippen LogP contribution in [0.15, 0.2) is 77.8 Å². The molecule has 0 bridgehead atoms. The van der Waals surface area contributed by atoms with Crippen LogP contribution < -0.4 is 5.32 Å². The van der Waals surface area contributed by atoms with Crippen molar-refractivity contribution < 1.29 is 9.72 Å². The van der Waals surface area contributed by atoms with Crippen LogP contribution in [0, 0.1) is 10.1 Å². The van der Waals surface area contributed by atoms with Gasteiger partial charge in [0.2, 0.25) is 5.91 Å². The summed E-state index contributed by atoms with van der Waals surface area (Å²) in [6.45, 7) is 0.891. The molecule has 1 N–H and O–H groups in total. The predicted octanol–water partition coefficient (Wildman–Crippen LogP) is 5.05. The van der Waals surface area contributed by atoms with E-state index in [2.05, 4.69) is 29.4 Å². The fourth-order valence-electron chi connectivity index (χ4n) is 4.29. The Bertz CT molecular complexity index is 1230. The number of hydrogen-bond donors (Lipinski definition) is 1. The topological polar surface area (TPSA) is 87.8 Å². The Labute approximate surface area is 191 Å². The number of benzene rings is 3. The number of aliphatic imine (C=N–C) groups is 1. The molecule has 1 atom stereocenters. The molecule has 0 radical (unpaired) electrons. The van der Waals surface area contributed by atoms with Crippen LogP contribution in [0.2, 0.25) is 0 Å². The molecule has 1 aliphatic carbocycles. The second-order valence-electron chi connectivity index (χ2n) is 8.63. The molecule has 7 heteroatoms. The number of nitrogens with one attached hydrogen (secondary N) is 1. The van der Waals surface area contributed by atoms with Gasteiger partial charge in [-0.2, -0.15) is 0 Å². The van der Waals surface area contributed by atoms with E-state index in [0.717, 1.165) is 17.8 Å². The molecule has 0 aromatic heterocycles. The summed E-state index contributed by atoms with van der Waals surface area (Å²) in [5.74, 6) is -0.973. The molecule has 33 heavy (non-hydrogen) atoms. The number of amides is 1. The number of nitro benzene ring substituents is 1. The van der Waals surface area contributed by atoms with Crippen molar-refractivity contribution in [1.82, 2.24) is 4.90 Å². The van der Waals surface area contributed by atoms with E-state index in [1.807, 2.05) is 42.5 Å². The molecular formula is C26H24N4O3. The van der Waals surface area contributed by atoms with Gasteiger partial charge in [0.15, 0.2) is 0 Å². The van der Waals surface area contributed by atoms with Crippen molar-refractivity contribution in [2.45, 2.75) is 31.3 Å². The Hall–Kier alpha value is -3.84. The lowest BCUT2D eigenvalue weighted by Gasteiger charge is -2.16. The van der Waals surface area contributed by atoms with Gasteiger partial charge >= 0.3 is 0 Å². The van der Waals surface area contributed by atoms with Gasteiger partial charge in [-0.15, -0.1) is 0 Å². The molecule has 7 nitrogen and oxygen atoms in total. The van der Waals surface area contributed by atoms with E-state index in [4.69, 9.17) is 4.99 Å². The molecule has 5 rings (SSSR count). The largest absolute Gasteiger partial charge is 0.325 e. The molecule has 1 unspecified atom stereocenters. The standard InChI is InChI=1S/C26H24N4O3/c1-29(20-11-12-20)16-17-7-9-19(10-8-17)27-25(18-5-3-2-4-6-18)24-22-15-21(30(32)33)13-14-23(22)28-26(24)31/h2-10,13-15,20,24H,11-12,16H2,1H3,(H,28,31). The number of carbonyl (C=O) groups is 1. The average molecular weight is 441 g/mol. The highest BCUT2D eigenvalue weighted by Crippen LogP contribution is 2.38. The monoisotopic (exact) mass is 440 g/mol. The fourth-order valence-corrected chi connectivity index (χ4v) is 4.29. The number of nitro groups is 1. The summed E-state index contributed by atoms with van der Waals surface area (Å²) < 4.78 is 0. The van der Waals surface area contributed by atoms with E-state index in [1.165, 1.54) is 30.5 Å². The number of carbonyl (C=O) groups excluding carboxylic acids is 1. The van der Waals surface area contributed by atoms with Crippen molar-refractivity contribution in [1.29, 1.82) is 0 Å². The van der Waals surface area contributed by atoms with Crippen LogP contribution in [0.4, 0.5) is 17.1 Å². The zero-order valence-corrected chi connectivity index (χ0v) is 18.3. The number of rotatable bonds is 7. The fraction of sp³-hybridized carbons (Fsp3) is 0.231. The molecule has 1 amide bonds. The first-order valence-electron chi connectivity index (χ1n) is 11.0. The first kappa shape index (κ1) is 21.0. The Morgan fingerprint density at radius 3 is 2.48 bits per heavy atom. The maximum absolute atomic E-state index is 13.0. The molecule has 166 valence electrons. The van der Waals surface area contributed by atoms with Crippen molar-refractivity contribution in [2.24, 2.45) is 4.99 Å². The lowest BCUT2D eigenvalue weighted by Crippen LogP contribution is -2.22. The quantitative estimate of drug-likeness (QED) is 0.317. The van der Waals surface area contributed by atoms with Gasteiger partial charge in [0, 0.05) is 36.0 Å². The minimum Gasteiger partial charge on any atom is -0.325 e. The van der Waals surface area contributed by atoms with Gasteiger partial charge in [-0.05, 0) is 49.2 Å². The molecular weight excluding hydrogens is 416 g/mol. The predicted molar refractivity (Wildman–Crippen MR) is 128 cm³/mol. The summed E-state index contributed by atoms with van der Waals surface area (Å²) in [5.41, 5.74) is 4.41. The van der Waals surface area contributed by atoms with Gasteiger partial charge in [0.1, 0.15) is 5.92 Å². The third kappa shape index (κ3) is 4.40. The first-order valence-corrected chi connectivity index (χ1v) is 11.0. The zero-order valence-electron chi connectivity index (χ0n) is 18.3. The summed E-state index contributed by atoms with van der Waals surface area (Å²) in [6, 6.07) is 22.7. The molecule has 1 aliphatic heterocycles. The number of hydrogen-bond acceptors (Lipinski definition) is 5. The van der Waals surface area contributed by atoms with Crippen LogP contribution in [0.3, 0.4) is 0 Å². The highest BCUT2D eigenvalue weighted by atomic mass is 16.6. The molecule has 1 heterocycles. The normalized spacial score (nSPS) is 17.7. The second-order valence-corrected chi connectivity index (χ2v) is 8.63. The smallest absolute Gasteiger partial charge is 0.269 e. The Morgan fingerprint density at radius 1 is 1.09 bits per heavy atom. The molecule has 2 aliphatic rings. The first-order chi connectivity index (χ1) is 16.0. The summed E-state index contributed by atoms with van der Waals surface area (Å²) in [6.07, 6.45) is 2.53. The number of nitrogens with zero attached hydrogens (tertiary/aromatic N) is 3. The molecule has 1 saturated carbocycles. The number of non-ortho nitro benzene ring substituents is 1. The summed E-state index contributed by atoms with van der Waals surface area (Å²) >= 11 is 0. The van der Waals surface area contributed by atoms with Gasteiger partial charge in [0.25, 0.3) is 5.69 Å². The molecule has 3 aromatic carbocycles. The van der Waals surface area contributed by atoms with E-state index >= 15 is 0 Å². The van der Waals surface area contributed by atoms with Crippen molar-refractivity contribution >= 4 is 28.7 Å². The van der Waals surface area contributed by atoms with Crippen LogP contribution in [0.25, 0.3) is 0 Å². The van der Waals surface area contributed by atoms with Crippen molar-refractivity contribution in [3.8, 4) is 0 Å². The zero-order chi connectivity index (χ0) is 22.9. The van der Waals surface area contributed by atoms with Crippen LogP contribution in [-0.2, 0) is 11.3 Å². The summed E-state index contributed by atoms with van der Waals surface area (Å²) in [4.78, 5) is 31.1. The highest BCUT2D eigenvalue weighted by molar-refractivity contribution is 6.24. The van der Waals surface area contributed by atoms with Gasteiger partial charge in [-0.25, -0.2) is 0 Å². The van der Waals surface area contributed by atoms with Gasteiger partial charge < -0.3 is 5.32 Å². The maximum Gasteiger partial charge on any atom is 0.269 e. The second kappa shape index (κ2) is 8.60. The van der Waals surface area contributed by atoms with Crippen LogP contribution in [0.5, 0.6) is 0 Å².